The molecule has 0 aliphatic rings. The topological polar surface area (TPSA) is 31.2 Å². The normalized spacial score (nSPS) is 10.5. The van der Waals surface area contributed by atoms with Gasteiger partial charge in [-0.05, 0) is 36.4 Å². The Morgan fingerprint density at radius 1 is 0.731 bits per heavy atom. The molecule has 0 aliphatic carbocycles. The van der Waals surface area contributed by atoms with Crippen LogP contribution in [0.25, 0.3) is 21.8 Å². The van der Waals surface area contributed by atoms with Crippen LogP contribution in [0, 0.1) is 11.8 Å². The highest BCUT2D eigenvalue weighted by Crippen LogP contribution is 2.18. The van der Waals surface area contributed by atoms with Crippen molar-refractivity contribution in [2.45, 2.75) is 6.54 Å². The lowest BCUT2D eigenvalue weighted by Gasteiger charge is -2.12. The first kappa shape index (κ1) is 16.0. The summed E-state index contributed by atoms with van der Waals surface area (Å²) in [5, 5.41) is 1.43. The van der Waals surface area contributed by atoms with E-state index in [1.807, 2.05) is 78.9 Å². The monoisotopic (exact) mass is 339 g/mol. The Labute approximate surface area is 151 Å². The molecule has 1 aromatic heterocycles. The van der Waals surface area contributed by atoms with Gasteiger partial charge in [0, 0.05) is 10.8 Å². The van der Waals surface area contributed by atoms with Crippen molar-refractivity contribution in [2.24, 2.45) is 0 Å². The number of aromatic nitrogens is 1. The standard InChI is InChI=1S/C23H17NO2/c25-23-19-12-4-6-14-21(19)24(22-15-7-5-13-20(22)23)16-8-9-17-26-18-10-2-1-3-11-18/h1-7,10-15H,16-17H2. The van der Waals surface area contributed by atoms with E-state index >= 15 is 0 Å². The molecule has 0 fully saturated rings. The fourth-order valence-corrected chi connectivity index (χ4v) is 3.07. The summed E-state index contributed by atoms with van der Waals surface area (Å²) in [5.41, 5.74) is 1.86. The first-order chi connectivity index (χ1) is 12.8. The highest BCUT2D eigenvalue weighted by atomic mass is 16.5. The van der Waals surface area contributed by atoms with E-state index in [1.165, 1.54) is 0 Å². The van der Waals surface area contributed by atoms with Crippen LogP contribution in [0.3, 0.4) is 0 Å². The Morgan fingerprint density at radius 3 is 1.96 bits per heavy atom. The molecule has 126 valence electrons. The predicted molar refractivity (Wildman–Crippen MR) is 105 cm³/mol. The Balaban J connectivity index is 1.67. The summed E-state index contributed by atoms with van der Waals surface area (Å²) in [5.74, 6) is 7.02. The van der Waals surface area contributed by atoms with Gasteiger partial charge in [0.2, 0.25) is 0 Å². The summed E-state index contributed by atoms with van der Waals surface area (Å²) in [7, 11) is 0. The molecule has 3 heteroatoms. The summed E-state index contributed by atoms with van der Waals surface area (Å²) in [6.07, 6.45) is 0. The summed E-state index contributed by atoms with van der Waals surface area (Å²) < 4.78 is 7.69. The number of hydrogen-bond donors (Lipinski definition) is 0. The van der Waals surface area contributed by atoms with Crippen molar-refractivity contribution in [3.05, 3.63) is 89.1 Å². The lowest BCUT2D eigenvalue weighted by atomic mass is 10.1. The molecule has 0 amide bonds. The summed E-state index contributed by atoms with van der Waals surface area (Å²) in [6, 6.07) is 25.0. The third-order valence-corrected chi connectivity index (χ3v) is 4.30. The average Bonchev–Trinajstić information content (AvgIpc) is 2.71. The van der Waals surface area contributed by atoms with Gasteiger partial charge in [0.1, 0.15) is 12.4 Å². The van der Waals surface area contributed by atoms with Crippen LogP contribution >= 0.6 is 0 Å². The second kappa shape index (κ2) is 7.16. The molecule has 4 aromatic rings. The van der Waals surface area contributed by atoms with E-state index in [4.69, 9.17) is 4.74 Å². The van der Waals surface area contributed by atoms with Gasteiger partial charge < -0.3 is 9.30 Å². The van der Waals surface area contributed by atoms with Crippen molar-refractivity contribution < 1.29 is 4.74 Å². The quantitative estimate of drug-likeness (QED) is 0.413. The van der Waals surface area contributed by atoms with Crippen LogP contribution < -0.4 is 10.2 Å². The van der Waals surface area contributed by atoms with Crippen LogP contribution in [-0.2, 0) is 6.54 Å². The van der Waals surface area contributed by atoms with E-state index in [2.05, 4.69) is 16.4 Å². The molecule has 0 unspecified atom stereocenters. The van der Waals surface area contributed by atoms with E-state index < -0.39 is 0 Å². The summed E-state index contributed by atoms with van der Waals surface area (Å²) in [6.45, 7) is 0.833. The molecular weight excluding hydrogens is 322 g/mol. The van der Waals surface area contributed by atoms with E-state index in [1.54, 1.807) is 0 Å². The Bertz CT molecular complexity index is 1120. The van der Waals surface area contributed by atoms with Crippen molar-refractivity contribution in [3.8, 4) is 17.6 Å². The van der Waals surface area contributed by atoms with Gasteiger partial charge >= 0.3 is 0 Å². The Hall–Kier alpha value is -3.51. The lowest BCUT2D eigenvalue weighted by Crippen LogP contribution is -2.11. The Morgan fingerprint density at radius 2 is 1.31 bits per heavy atom. The fourth-order valence-electron chi connectivity index (χ4n) is 3.07. The zero-order valence-electron chi connectivity index (χ0n) is 14.2. The molecule has 0 radical (unpaired) electrons. The number of rotatable bonds is 3. The van der Waals surface area contributed by atoms with Crippen molar-refractivity contribution >= 4 is 21.8 Å². The number of hydrogen-bond acceptors (Lipinski definition) is 2. The largest absolute Gasteiger partial charge is 0.481 e. The van der Waals surface area contributed by atoms with Gasteiger partial charge in [0.25, 0.3) is 0 Å². The van der Waals surface area contributed by atoms with Crippen LogP contribution in [0.4, 0.5) is 0 Å². The molecule has 0 N–H and O–H groups in total. The molecule has 0 bridgehead atoms. The maximum atomic E-state index is 12.7. The molecule has 0 saturated carbocycles. The third kappa shape index (κ3) is 3.05. The number of nitrogens with zero attached hydrogens (tertiary/aromatic N) is 1. The molecule has 3 nitrogen and oxygen atoms in total. The molecule has 0 spiro atoms. The van der Waals surface area contributed by atoms with Gasteiger partial charge in [0.05, 0.1) is 17.6 Å². The number of pyridine rings is 1. The van der Waals surface area contributed by atoms with Crippen LogP contribution in [0.2, 0.25) is 0 Å². The SMILES string of the molecule is O=c1c2ccccc2n(CC#CCOc2ccccc2)c2ccccc12. The van der Waals surface area contributed by atoms with Crippen LogP contribution in [0.15, 0.2) is 83.7 Å². The van der Waals surface area contributed by atoms with Gasteiger partial charge in [0.15, 0.2) is 5.43 Å². The van der Waals surface area contributed by atoms with Crippen molar-refractivity contribution in [3.63, 3.8) is 0 Å². The second-order valence-corrected chi connectivity index (χ2v) is 5.90. The zero-order valence-corrected chi connectivity index (χ0v) is 14.2. The molecule has 1 heterocycles. The summed E-state index contributed by atoms with van der Waals surface area (Å²) >= 11 is 0. The van der Waals surface area contributed by atoms with E-state index in [-0.39, 0.29) is 5.43 Å². The smallest absolute Gasteiger partial charge is 0.197 e. The van der Waals surface area contributed by atoms with E-state index in [9.17, 15) is 4.79 Å². The minimum atomic E-state index is 0.0628. The molecule has 26 heavy (non-hydrogen) atoms. The zero-order chi connectivity index (χ0) is 17.8. The maximum Gasteiger partial charge on any atom is 0.197 e. The number of benzene rings is 3. The number of para-hydroxylation sites is 3. The van der Waals surface area contributed by atoms with Gasteiger partial charge in [-0.3, -0.25) is 4.79 Å². The molecule has 4 rings (SSSR count). The highest BCUT2D eigenvalue weighted by Gasteiger charge is 2.08. The van der Waals surface area contributed by atoms with Crippen LogP contribution in [-0.4, -0.2) is 11.2 Å². The lowest BCUT2D eigenvalue weighted by molar-refractivity contribution is 0.370. The second-order valence-electron chi connectivity index (χ2n) is 5.90. The first-order valence-electron chi connectivity index (χ1n) is 8.48. The molecule has 0 atom stereocenters. The highest BCUT2D eigenvalue weighted by molar-refractivity contribution is 5.93. The van der Waals surface area contributed by atoms with E-state index in [0.29, 0.717) is 23.9 Å². The third-order valence-electron chi connectivity index (χ3n) is 4.30. The average molecular weight is 339 g/mol. The molecular formula is C23H17NO2. The van der Waals surface area contributed by atoms with Gasteiger partial charge in [-0.2, -0.15) is 0 Å². The summed E-state index contributed by atoms with van der Waals surface area (Å²) in [4.78, 5) is 12.7. The predicted octanol–water partition coefficient (Wildman–Crippen LogP) is 4.24. The molecule has 3 aromatic carbocycles. The maximum absolute atomic E-state index is 12.7. The fraction of sp³-hybridized carbons (Fsp3) is 0.0870. The Kier molecular flexibility index (Phi) is 4.40. The van der Waals surface area contributed by atoms with Gasteiger partial charge in [-0.25, -0.2) is 0 Å². The van der Waals surface area contributed by atoms with Crippen molar-refractivity contribution in [2.75, 3.05) is 6.61 Å². The van der Waals surface area contributed by atoms with Crippen molar-refractivity contribution in [1.29, 1.82) is 0 Å². The van der Waals surface area contributed by atoms with Crippen LogP contribution in [0.5, 0.6) is 5.75 Å². The van der Waals surface area contributed by atoms with Gasteiger partial charge in [-0.15, -0.1) is 0 Å². The number of fused-ring (bicyclic) bond motifs is 2. The van der Waals surface area contributed by atoms with E-state index in [0.717, 1.165) is 16.8 Å². The first-order valence-corrected chi connectivity index (χ1v) is 8.48. The van der Waals surface area contributed by atoms with Crippen molar-refractivity contribution in [1.82, 2.24) is 4.57 Å². The van der Waals surface area contributed by atoms with Gasteiger partial charge in [-0.1, -0.05) is 54.3 Å². The molecule has 0 saturated heterocycles. The minimum Gasteiger partial charge on any atom is -0.481 e. The number of ether oxygens (including phenoxy) is 1. The van der Waals surface area contributed by atoms with Crippen LogP contribution in [0.1, 0.15) is 0 Å². The minimum absolute atomic E-state index is 0.0628. The molecule has 0 aliphatic heterocycles.